The molecule has 0 aromatic rings. The predicted molar refractivity (Wildman–Crippen MR) is 96.0 cm³/mol. The summed E-state index contributed by atoms with van der Waals surface area (Å²) in [6.07, 6.45) is 1.48. The summed E-state index contributed by atoms with van der Waals surface area (Å²) in [5.74, 6) is 0.425. The fraction of sp³-hybridized carbons (Fsp3) is 0.944. The molecule has 0 aromatic heterocycles. The normalized spacial score (nSPS) is 20.6. The molecule has 0 aromatic carbocycles. The van der Waals surface area contributed by atoms with E-state index in [1.165, 1.54) is 0 Å². The molecule has 0 saturated heterocycles. The van der Waals surface area contributed by atoms with Crippen molar-refractivity contribution in [3.05, 3.63) is 0 Å². The Hall–Kier alpha value is -0.330. The van der Waals surface area contributed by atoms with E-state index in [1.54, 1.807) is 0 Å². The number of hydrogen-bond acceptors (Lipinski definition) is 1. The van der Waals surface area contributed by atoms with Crippen molar-refractivity contribution in [3.8, 4) is 0 Å². The highest BCUT2D eigenvalue weighted by Gasteiger charge is 2.52. The number of Topliss-reactive ketones (excluding diaryl/α,β-unsaturated/α-hetero) is 1. The Labute approximate surface area is 126 Å². The van der Waals surface area contributed by atoms with Crippen LogP contribution in [0.2, 0.25) is 0 Å². The molecule has 0 radical (unpaired) electrons. The van der Waals surface area contributed by atoms with E-state index in [2.05, 4.69) is 41.5 Å². The van der Waals surface area contributed by atoms with Crippen molar-refractivity contribution in [2.75, 3.05) is 0 Å². The number of carbonyl (C=O) groups is 1. The van der Waals surface area contributed by atoms with Crippen LogP contribution in [0.15, 0.2) is 0 Å². The van der Waals surface area contributed by atoms with Gasteiger partial charge in [0.1, 0.15) is 5.78 Å². The highest BCUT2D eigenvalue weighted by Crippen LogP contribution is 2.58. The Kier molecular flexibility index (Phi) is 18.3. The van der Waals surface area contributed by atoms with Gasteiger partial charge in [0.15, 0.2) is 0 Å². The van der Waals surface area contributed by atoms with Crippen LogP contribution in [-0.4, -0.2) is 5.78 Å². The minimum atomic E-state index is 0. The quantitative estimate of drug-likeness (QED) is 0.456. The van der Waals surface area contributed by atoms with Gasteiger partial charge in [-0.2, -0.15) is 0 Å². The lowest BCUT2D eigenvalue weighted by molar-refractivity contribution is -0.140. The molecule has 1 saturated carbocycles. The average molecular weight is 279 g/mol. The maximum Gasteiger partial charge on any atom is 0.134 e. The molecule has 0 N–H and O–H groups in total. The predicted octanol–water partition coefficient (Wildman–Crippen LogP) is 7.24. The number of carbonyl (C=O) groups excluding carboxylic acids is 1. The van der Waals surface area contributed by atoms with Crippen molar-refractivity contribution in [3.63, 3.8) is 0 Å². The van der Waals surface area contributed by atoms with Crippen molar-refractivity contribution < 1.29 is 4.79 Å². The zero-order chi connectivity index (χ0) is 10.5. The molecule has 19 heavy (non-hydrogen) atoms. The Morgan fingerprint density at radius 1 is 0.632 bits per heavy atom. The maximum absolute atomic E-state index is 11.6. The molecule has 0 amide bonds. The van der Waals surface area contributed by atoms with E-state index in [0.29, 0.717) is 5.78 Å². The lowest BCUT2D eigenvalue weighted by Crippen LogP contribution is -2.50. The molecule has 1 aliphatic carbocycles. The molecule has 1 aliphatic rings. The van der Waals surface area contributed by atoms with Gasteiger partial charge in [0.2, 0.25) is 0 Å². The van der Waals surface area contributed by atoms with Crippen LogP contribution in [-0.2, 0) is 4.79 Å². The Morgan fingerprint density at radius 3 is 1.05 bits per heavy atom. The number of ketones is 1. The molecule has 1 rings (SSSR count). The van der Waals surface area contributed by atoms with Crippen LogP contribution in [0.5, 0.6) is 0 Å². The summed E-state index contributed by atoms with van der Waals surface area (Å²) in [6.45, 7) is 13.4. The van der Waals surface area contributed by atoms with Crippen LogP contribution < -0.4 is 0 Å². The number of hydrogen-bond donors (Lipinski definition) is 0. The van der Waals surface area contributed by atoms with Crippen molar-refractivity contribution in [2.45, 2.75) is 98.9 Å². The summed E-state index contributed by atoms with van der Waals surface area (Å²) >= 11 is 0. The van der Waals surface area contributed by atoms with Gasteiger partial charge in [0.25, 0.3) is 0 Å². The van der Waals surface area contributed by atoms with Gasteiger partial charge in [0.05, 0.1) is 0 Å². The van der Waals surface area contributed by atoms with Crippen LogP contribution in [0.4, 0.5) is 0 Å². The Morgan fingerprint density at radius 2 is 0.842 bits per heavy atom. The van der Waals surface area contributed by atoms with E-state index in [-0.39, 0.29) is 60.8 Å². The van der Waals surface area contributed by atoms with Crippen molar-refractivity contribution >= 4 is 5.78 Å². The largest absolute Gasteiger partial charge is 0.300 e. The molecule has 0 heterocycles. The second-order valence-electron chi connectivity index (χ2n) is 6.28. The summed E-state index contributed by atoms with van der Waals surface area (Å²) < 4.78 is 0. The second-order valence-corrected chi connectivity index (χ2v) is 6.28. The average Bonchev–Trinajstić information content (AvgIpc) is 1.80. The fourth-order valence-electron chi connectivity index (χ4n) is 2.41. The van der Waals surface area contributed by atoms with E-state index >= 15 is 0 Å². The van der Waals surface area contributed by atoms with Gasteiger partial charge in [0, 0.05) is 12.8 Å². The topological polar surface area (TPSA) is 17.1 Å². The lowest BCUT2D eigenvalue weighted by Gasteiger charge is -2.55. The zero-order valence-corrected chi connectivity index (χ0v) is 9.82. The molecule has 0 spiro atoms. The van der Waals surface area contributed by atoms with Gasteiger partial charge in [-0.1, -0.05) is 86.1 Å². The molecule has 0 unspecified atom stereocenters. The minimum Gasteiger partial charge on any atom is -0.300 e. The first-order chi connectivity index (χ1) is 5.60. The lowest BCUT2D eigenvalue weighted by atomic mass is 9.49. The van der Waals surface area contributed by atoms with Crippen LogP contribution in [0, 0.1) is 16.2 Å². The zero-order valence-electron chi connectivity index (χ0n) is 9.82. The van der Waals surface area contributed by atoms with Crippen LogP contribution in [0.25, 0.3) is 0 Å². The first-order valence-corrected chi connectivity index (χ1v) is 5.12. The van der Waals surface area contributed by atoms with Gasteiger partial charge in [-0.3, -0.25) is 4.79 Å². The van der Waals surface area contributed by atoms with E-state index in [9.17, 15) is 4.79 Å². The van der Waals surface area contributed by atoms with E-state index in [1.807, 2.05) is 0 Å². The highest BCUT2D eigenvalue weighted by molar-refractivity contribution is 5.81. The molecule has 124 valence electrons. The van der Waals surface area contributed by atoms with Gasteiger partial charge in [-0.25, -0.2) is 0 Å². The number of rotatable bonds is 0. The second kappa shape index (κ2) is 9.55. The Balaban J connectivity index is -0.0000000704. The summed E-state index contributed by atoms with van der Waals surface area (Å²) in [7, 11) is 0. The third kappa shape index (κ3) is 5.67. The standard InChI is InChI=1S/C12H22O.6CH4/c1-10(2)7-9(13)8-11(3,4)12(10,5)6;;;;;;/h7-8H2,1-6H3;6*1H4. The first-order valence-electron chi connectivity index (χ1n) is 5.12. The van der Waals surface area contributed by atoms with E-state index in [4.69, 9.17) is 0 Å². The molecule has 0 atom stereocenters. The summed E-state index contributed by atoms with van der Waals surface area (Å²) in [5, 5.41) is 0. The third-order valence-corrected chi connectivity index (χ3v) is 4.66. The SMILES string of the molecule is C.C.C.C.C.C.CC1(C)CC(=O)CC(C)(C)C1(C)C. The smallest absolute Gasteiger partial charge is 0.134 e. The summed E-state index contributed by atoms with van der Waals surface area (Å²) in [6, 6.07) is 0. The van der Waals surface area contributed by atoms with Crippen LogP contribution in [0.1, 0.15) is 98.9 Å². The summed E-state index contributed by atoms with van der Waals surface area (Å²) in [4.78, 5) is 11.6. The van der Waals surface area contributed by atoms with Gasteiger partial charge in [-0.15, -0.1) is 0 Å². The maximum atomic E-state index is 11.6. The monoisotopic (exact) mass is 278 g/mol. The van der Waals surface area contributed by atoms with Gasteiger partial charge < -0.3 is 0 Å². The Bertz CT molecular complexity index is 212. The molecule has 0 bridgehead atoms. The van der Waals surface area contributed by atoms with Crippen molar-refractivity contribution in [1.29, 1.82) is 0 Å². The third-order valence-electron chi connectivity index (χ3n) is 4.66. The van der Waals surface area contributed by atoms with Crippen molar-refractivity contribution in [2.24, 2.45) is 16.2 Å². The highest BCUT2D eigenvalue weighted by atomic mass is 16.1. The molecule has 1 fully saturated rings. The first kappa shape index (κ1) is 36.3. The van der Waals surface area contributed by atoms with Gasteiger partial charge >= 0.3 is 0 Å². The molecular formula is C18H46O. The summed E-state index contributed by atoms with van der Waals surface area (Å²) in [5.41, 5.74) is 0.492. The van der Waals surface area contributed by atoms with Crippen LogP contribution >= 0.6 is 0 Å². The molecule has 1 heteroatoms. The van der Waals surface area contributed by atoms with Crippen LogP contribution in [0.3, 0.4) is 0 Å². The van der Waals surface area contributed by atoms with E-state index in [0.717, 1.165) is 12.8 Å². The molecule has 1 nitrogen and oxygen atoms in total. The van der Waals surface area contributed by atoms with Gasteiger partial charge in [-0.05, 0) is 16.2 Å². The molecule has 0 aliphatic heterocycles. The molecular weight excluding hydrogens is 232 g/mol. The van der Waals surface area contributed by atoms with E-state index < -0.39 is 0 Å². The minimum absolute atomic E-state index is 0. The van der Waals surface area contributed by atoms with Crippen molar-refractivity contribution in [1.82, 2.24) is 0 Å². The fourth-order valence-corrected chi connectivity index (χ4v) is 2.41.